The number of aromatic nitrogens is 3. The van der Waals surface area contributed by atoms with Gasteiger partial charge in [0.2, 0.25) is 0 Å². The Morgan fingerprint density at radius 3 is 2.62 bits per heavy atom. The lowest BCUT2D eigenvalue weighted by Gasteiger charge is -2.33. The van der Waals surface area contributed by atoms with Crippen LogP contribution >= 0.6 is 0 Å². The van der Waals surface area contributed by atoms with Gasteiger partial charge in [-0.2, -0.15) is 13.2 Å². The molecule has 2 aromatic carbocycles. The molecule has 1 aliphatic rings. The molecule has 3 N–H and O–H groups in total. The second-order valence-corrected chi connectivity index (χ2v) is 9.10. The summed E-state index contributed by atoms with van der Waals surface area (Å²) in [6.07, 6.45) is -4.20. The lowest BCUT2D eigenvalue weighted by molar-refractivity contribution is -0.192. The highest BCUT2D eigenvalue weighted by atomic mass is 19.4. The van der Waals surface area contributed by atoms with Crippen LogP contribution in [-0.4, -0.2) is 74.1 Å². The van der Waals surface area contributed by atoms with Crippen molar-refractivity contribution in [2.45, 2.75) is 38.1 Å². The Morgan fingerprint density at radius 2 is 1.95 bits per heavy atom. The Bertz CT molecular complexity index is 1500. The molecule has 0 radical (unpaired) electrons. The van der Waals surface area contributed by atoms with Gasteiger partial charge in [0.25, 0.3) is 0 Å². The fourth-order valence-electron chi connectivity index (χ4n) is 4.51. The number of fused-ring (bicyclic) bond motifs is 2. The first kappa shape index (κ1) is 28.1. The summed E-state index contributed by atoms with van der Waals surface area (Å²) >= 11 is 0. The number of ether oxygens (including phenoxy) is 1. The molecule has 0 spiro atoms. The number of halogens is 4. The van der Waals surface area contributed by atoms with Crippen LogP contribution in [0.25, 0.3) is 22.1 Å². The van der Waals surface area contributed by atoms with Crippen LogP contribution in [0.15, 0.2) is 45.6 Å². The maximum absolute atomic E-state index is 13.5. The standard InChI is InChI=1S/C23H25FN4O4.C2HF3O2/c1-14-25-22-20(3-2-4-21(22)32-14)31-13-17(29)12-27-9-7-16(8-10-27)28-19-6-5-15(24)11-18(19)26-23(28)30;3-2(4,5)1(6)7/h2-6,11,16-17,29H,7-10,12-13H2,1H3,(H,26,30);(H,6,7)/t17-;/m0./s1. The molecular formula is C25H26F4N4O6. The van der Waals surface area contributed by atoms with Gasteiger partial charge in [0.15, 0.2) is 17.0 Å². The average Bonchev–Trinajstić information content (AvgIpc) is 3.41. The number of carboxylic acids is 1. The molecule has 1 aliphatic heterocycles. The van der Waals surface area contributed by atoms with Gasteiger partial charge in [-0.25, -0.2) is 19.0 Å². The molecule has 4 aromatic rings. The molecule has 3 heterocycles. The van der Waals surface area contributed by atoms with Crippen molar-refractivity contribution in [2.24, 2.45) is 0 Å². The van der Waals surface area contributed by atoms with E-state index >= 15 is 0 Å². The number of H-pyrrole nitrogens is 1. The third kappa shape index (κ3) is 6.75. The second kappa shape index (κ2) is 11.5. The molecule has 210 valence electrons. The van der Waals surface area contributed by atoms with Gasteiger partial charge in [-0.05, 0) is 43.2 Å². The number of rotatable bonds is 6. The van der Waals surface area contributed by atoms with Crippen LogP contribution in [0.1, 0.15) is 24.8 Å². The van der Waals surface area contributed by atoms with Gasteiger partial charge in [-0.1, -0.05) is 6.07 Å². The Morgan fingerprint density at radius 1 is 1.26 bits per heavy atom. The maximum atomic E-state index is 13.5. The number of β-amino-alcohol motifs (C(OH)–C–C–N with tert-alkyl or cyclic N) is 1. The lowest BCUT2D eigenvalue weighted by Crippen LogP contribution is -2.42. The quantitative estimate of drug-likeness (QED) is 0.308. The van der Waals surface area contributed by atoms with Gasteiger partial charge in [-0.3, -0.25) is 4.57 Å². The number of aromatic amines is 1. The number of aryl methyl sites for hydroxylation is 1. The predicted molar refractivity (Wildman–Crippen MR) is 131 cm³/mol. The highest BCUT2D eigenvalue weighted by Gasteiger charge is 2.38. The van der Waals surface area contributed by atoms with Crippen LogP contribution < -0.4 is 10.4 Å². The first-order valence-electron chi connectivity index (χ1n) is 12.0. The van der Waals surface area contributed by atoms with Gasteiger partial charge >= 0.3 is 17.8 Å². The molecule has 14 heteroatoms. The Labute approximate surface area is 218 Å². The highest BCUT2D eigenvalue weighted by molar-refractivity contribution is 5.79. The molecule has 0 unspecified atom stereocenters. The van der Waals surface area contributed by atoms with Gasteiger partial charge < -0.3 is 29.3 Å². The summed E-state index contributed by atoms with van der Waals surface area (Å²) in [4.78, 5) is 30.6. The lowest BCUT2D eigenvalue weighted by atomic mass is 10.0. The fourth-order valence-corrected chi connectivity index (χ4v) is 4.51. The van der Waals surface area contributed by atoms with Crippen molar-refractivity contribution in [3.05, 3.63) is 58.6 Å². The van der Waals surface area contributed by atoms with Crippen LogP contribution in [0.3, 0.4) is 0 Å². The molecular weight excluding hydrogens is 528 g/mol. The highest BCUT2D eigenvalue weighted by Crippen LogP contribution is 2.27. The predicted octanol–water partition coefficient (Wildman–Crippen LogP) is 3.63. The number of nitrogens with zero attached hydrogens (tertiary/aromatic N) is 3. The van der Waals surface area contributed by atoms with E-state index in [9.17, 15) is 27.5 Å². The number of hydrogen-bond acceptors (Lipinski definition) is 7. The number of carbonyl (C=O) groups is 1. The summed E-state index contributed by atoms with van der Waals surface area (Å²) in [7, 11) is 0. The van der Waals surface area contributed by atoms with Gasteiger partial charge in [-0.15, -0.1) is 0 Å². The van der Waals surface area contributed by atoms with E-state index in [0.717, 1.165) is 31.4 Å². The number of para-hydroxylation sites is 1. The number of piperidine rings is 1. The van der Waals surface area contributed by atoms with Gasteiger partial charge in [0.1, 0.15) is 24.3 Å². The zero-order valence-electron chi connectivity index (χ0n) is 20.7. The van der Waals surface area contributed by atoms with Crippen LogP contribution in [0.2, 0.25) is 0 Å². The molecule has 0 amide bonds. The minimum Gasteiger partial charge on any atom is -0.488 e. The van der Waals surface area contributed by atoms with E-state index in [2.05, 4.69) is 14.9 Å². The molecule has 5 rings (SSSR count). The van der Waals surface area contributed by atoms with E-state index in [0.29, 0.717) is 34.8 Å². The number of aliphatic carboxylic acids is 1. The summed E-state index contributed by atoms with van der Waals surface area (Å²) in [5.74, 6) is -1.97. The summed E-state index contributed by atoms with van der Waals surface area (Å²) in [6, 6.07) is 9.89. The largest absolute Gasteiger partial charge is 0.490 e. The normalized spacial score (nSPS) is 15.7. The van der Waals surface area contributed by atoms with Gasteiger partial charge in [0.05, 0.1) is 11.0 Å². The van der Waals surface area contributed by atoms with Crippen molar-refractivity contribution in [1.82, 2.24) is 19.4 Å². The number of alkyl halides is 3. The second-order valence-electron chi connectivity index (χ2n) is 9.10. The van der Waals surface area contributed by atoms with Crippen LogP contribution in [0.4, 0.5) is 17.6 Å². The number of aliphatic hydroxyl groups is 1. The summed E-state index contributed by atoms with van der Waals surface area (Å²) in [6.45, 7) is 3.91. The van der Waals surface area contributed by atoms with Crippen LogP contribution in [0, 0.1) is 12.7 Å². The minimum absolute atomic E-state index is 0.0411. The molecule has 10 nitrogen and oxygen atoms in total. The molecule has 0 aliphatic carbocycles. The van der Waals surface area contributed by atoms with Crippen LogP contribution in [0.5, 0.6) is 5.75 Å². The van der Waals surface area contributed by atoms with E-state index < -0.39 is 18.2 Å². The van der Waals surface area contributed by atoms with E-state index in [1.165, 1.54) is 12.1 Å². The third-order valence-corrected chi connectivity index (χ3v) is 6.23. The first-order valence-corrected chi connectivity index (χ1v) is 12.0. The SMILES string of the molecule is Cc1nc2c(OC[C@@H](O)CN3CCC(n4c(=O)[nH]c5cc(F)ccc54)CC3)cccc2o1.O=C(O)C(F)(F)F. The average molecular weight is 554 g/mol. The summed E-state index contributed by atoms with van der Waals surface area (Å²) < 4.78 is 58.2. The zero-order chi connectivity index (χ0) is 28.3. The number of imidazole rings is 1. The number of carboxylic acid groups (broad SMARTS) is 1. The Balaban J connectivity index is 0.000000448. The van der Waals surface area contributed by atoms with Crippen molar-refractivity contribution in [1.29, 1.82) is 0 Å². The Kier molecular flexibility index (Phi) is 8.25. The van der Waals surface area contributed by atoms with Crippen LogP contribution in [-0.2, 0) is 4.79 Å². The van der Waals surface area contributed by atoms with Crippen molar-refractivity contribution in [3.8, 4) is 5.75 Å². The van der Waals surface area contributed by atoms with E-state index in [4.69, 9.17) is 19.1 Å². The molecule has 2 aromatic heterocycles. The number of likely N-dealkylation sites (tertiary alicyclic amines) is 1. The maximum Gasteiger partial charge on any atom is 0.490 e. The number of benzene rings is 2. The topological polar surface area (TPSA) is 134 Å². The molecule has 1 saturated heterocycles. The minimum atomic E-state index is -5.08. The molecule has 39 heavy (non-hydrogen) atoms. The number of hydrogen-bond donors (Lipinski definition) is 3. The van der Waals surface area contributed by atoms with E-state index in [1.807, 2.05) is 18.2 Å². The smallest absolute Gasteiger partial charge is 0.488 e. The monoisotopic (exact) mass is 554 g/mol. The first-order chi connectivity index (χ1) is 18.4. The molecule has 0 saturated carbocycles. The zero-order valence-corrected chi connectivity index (χ0v) is 20.7. The summed E-state index contributed by atoms with van der Waals surface area (Å²) in [5, 5.41) is 17.6. The van der Waals surface area contributed by atoms with Crippen molar-refractivity contribution < 1.29 is 41.7 Å². The molecule has 1 fully saturated rings. The fraction of sp³-hybridized carbons (Fsp3) is 0.400. The van der Waals surface area contributed by atoms with Crippen molar-refractivity contribution in [2.75, 3.05) is 26.2 Å². The number of oxazole rings is 1. The van der Waals surface area contributed by atoms with Crippen molar-refractivity contribution >= 4 is 28.1 Å². The van der Waals surface area contributed by atoms with Gasteiger partial charge in [0, 0.05) is 32.6 Å². The van der Waals surface area contributed by atoms with E-state index in [1.54, 1.807) is 17.6 Å². The molecule has 0 bridgehead atoms. The number of nitrogens with one attached hydrogen (secondary N) is 1. The summed E-state index contributed by atoms with van der Waals surface area (Å²) in [5.41, 5.74) is 2.34. The third-order valence-electron chi connectivity index (χ3n) is 6.23. The molecule has 1 atom stereocenters. The Hall–Kier alpha value is -3.91. The van der Waals surface area contributed by atoms with Crippen molar-refractivity contribution in [3.63, 3.8) is 0 Å². The number of aliphatic hydroxyl groups excluding tert-OH is 1. The van der Waals surface area contributed by atoms with E-state index in [-0.39, 0.29) is 24.2 Å².